The van der Waals surface area contributed by atoms with Crippen molar-refractivity contribution < 1.29 is 9.53 Å². The molecule has 2 aromatic carbocycles. The number of aryl methyl sites for hydroxylation is 1. The SMILES string of the molecule is CC(C)Oc1ccc(NC(=O)CCc2ccccc2N)cc1Cl. The molecule has 0 unspecified atom stereocenters. The molecule has 0 saturated heterocycles. The highest BCUT2D eigenvalue weighted by Gasteiger charge is 2.08. The number of hydrogen-bond acceptors (Lipinski definition) is 3. The van der Waals surface area contributed by atoms with Gasteiger partial charge in [-0.3, -0.25) is 4.79 Å². The first-order valence-electron chi connectivity index (χ1n) is 7.55. The van der Waals surface area contributed by atoms with Crippen molar-refractivity contribution in [2.75, 3.05) is 11.1 Å². The van der Waals surface area contributed by atoms with E-state index in [1.165, 1.54) is 0 Å². The summed E-state index contributed by atoms with van der Waals surface area (Å²) in [7, 11) is 0. The maximum Gasteiger partial charge on any atom is 0.224 e. The van der Waals surface area contributed by atoms with Crippen LogP contribution >= 0.6 is 11.6 Å². The van der Waals surface area contributed by atoms with Gasteiger partial charge in [0.2, 0.25) is 5.91 Å². The van der Waals surface area contributed by atoms with Gasteiger partial charge in [0.05, 0.1) is 11.1 Å². The predicted octanol–water partition coefficient (Wildman–Crippen LogP) is 4.28. The molecule has 2 rings (SSSR count). The number of ether oxygens (including phenoxy) is 1. The molecule has 0 spiro atoms. The van der Waals surface area contributed by atoms with Gasteiger partial charge in [0.15, 0.2) is 0 Å². The minimum Gasteiger partial charge on any atom is -0.489 e. The monoisotopic (exact) mass is 332 g/mol. The number of rotatable bonds is 6. The Morgan fingerprint density at radius 3 is 2.65 bits per heavy atom. The second-order valence-corrected chi connectivity index (χ2v) is 5.97. The van der Waals surface area contributed by atoms with Crippen LogP contribution in [0.2, 0.25) is 5.02 Å². The zero-order chi connectivity index (χ0) is 16.8. The van der Waals surface area contributed by atoms with Crippen LogP contribution in [0.3, 0.4) is 0 Å². The molecule has 1 amide bonds. The predicted molar refractivity (Wildman–Crippen MR) is 95.0 cm³/mol. The summed E-state index contributed by atoms with van der Waals surface area (Å²) in [5.41, 5.74) is 8.20. The summed E-state index contributed by atoms with van der Waals surface area (Å²) in [6.07, 6.45) is 1.00. The van der Waals surface area contributed by atoms with E-state index in [1.807, 2.05) is 38.1 Å². The van der Waals surface area contributed by atoms with Crippen molar-refractivity contribution in [3.05, 3.63) is 53.1 Å². The molecule has 0 fully saturated rings. The van der Waals surface area contributed by atoms with Gasteiger partial charge in [0.25, 0.3) is 0 Å². The number of amides is 1. The standard InChI is InChI=1S/C18H21ClN2O2/c1-12(2)23-17-9-8-14(11-15(17)19)21-18(22)10-7-13-5-3-4-6-16(13)20/h3-6,8-9,11-12H,7,10,20H2,1-2H3,(H,21,22). The molecular weight excluding hydrogens is 312 g/mol. The minimum absolute atomic E-state index is 0.0456. The molecule has 4 nitrogen and oxygen atoms in total. The molecule has 122 valence electrons. The van der Waals surface area contributed by atoms with Gasteiger partial charge in [-0.25, -0.2) is 0 Å². The molecular formula is C18H21ClN2O2. The molecule has 0 radical (unpaired) electrons. The second kappa shape index (κ2) is 7.88. The van der Waals surface area contributed by atoms with Gasteiger partial charge in [-0.2, -0.15) is 0 Å². The van der Waals surface area contributed by atoms with E-state index in [4.69, 9.17) is 22.1 Å². The summed E-state index contributed by atoms with van der Waals surface area (Å²) < 4.78 is 5.56. The quantitative estimate of drug-likeness (QED) is 0.776. The summed E-state index contributed by atoms with van der Waals surface area (Å²) >= 11 is 6.16. The lowest BCUT2D eigenvalue weighted by atomic mass is 10.1. The lowest BCUT2D eigenvalue weighted by molar-refractivity contribution is -0.116. The number of carbonyl (C=O) groups excluding carboxylic acids is 1. The van der Waals surface area contributed by atoms with Crippen LogP contribution in [0, 0.1) is 0 Å². The Hall–Kier alpha value is -2.20. The summed E-state index contributed by atoms with van der Waals surface area (Å²) in [5.74, 6) is 0.526. The van der Waals surface area contributed by atoms with E-state index in [0.29, 0.717) is 35.0 Å². The molecule has 0 saturated carbocycles. The third kappa shape index (κ3) is 5.18. The topological polar surface area (TPSA) is 64.3 Å². The average Bonchev–Trinajstić information content (AvgIpc) is 2.49. The van der Waals surface area contributed by atoms with E-state index in [9.17, 15) is 4.79 Å². The molecule has 0 bridgehead atoms. The number of hydrogen-bond donors (Lipinski definition) is 2. The summed E-state index contributed by atoms with van der Waals surface area (Å²) in [6, 6.07) is 12.8. The molecule has 0 heterocycles. The van der Waals surface area contributed by atoms with E-state index in [0.717, 1.165) is 5.56 Å². The third-order valence-corrected chi connectivity index (χ3v) is 3.55. The first kappa shape index (κ1) is 17.2. The van der Waals surface area contributed by atoms with E-state index in [-0.39, 0.29) is 12.0 Å². The Labute approximate surface area is 141 Å². The number of nitrogens with two attached hydrogens (primary N) is 1. The molecule has 23 heavy (non-hydrogen) atoms. The second-order valence-electron chi connectivity index (χ2n) is 5.56. The van der Waals surface area contributed by atoms with Crippen molar-refractivity contribution >= 4 is 28.9 Å². The van der Waals surface area contributed by atoms with Crippen LogP contribution in [0.4, 0.5) is 11.4 Å². The molecule has 0 aromatic heterocycles. The van der Waals surface area contributed by atoms with Gasteiger partial charge >= 0.3 is 0 Å². The average molecular weight is 333 g/mol. The van der Waals surface area contributed by atoms with Crippen molar-refractivity contribution in [1.82, 2.24) is 0 Å². The normalized spacial score (nSPS) is 10.6. The van der Waals surface area contributed by atoms with Crippen LogP contribution in [0.15, 0.2) is 42.5 Å². The van der Waals surface area contributed by atoms with Gasteiger partial charge < -0.3 is 15.8 Å². The Morgan fingerprint density at radius 1 is 1.26 bits per heavy atom. The first-order chi connectivity index (χ1) is 11.0. The minimum atomic E-state index is -0.0816. The van der Waals surface area contributed by atoms with Crippen LogP contribution in [0.25, 0.3) is 0 Å². The van der Waals surface area contributed by atoms with Crippen molar-refractivity contribution in [2.24, 2.45) is 0 Å². The van der Waals surface area contributed by atoms with Gasteiger partial charge in [0, 0.05) is 17.8 Å². The molecule has 3 N–H and O–H groups in total. The molecule has 0 aliphatic heterocycles. The number of anilines is 2. The Balaban J connectivity index is 1.93. The number of nitrogen functional groups attached to an aromatic ring is 1. The molecule has 5 heteroatoms. The van der Waals surface area contributed by atoms with Gasteiger partial charge in [-0.15, -0.1) is 0 Å². The van der Waals surface area contributed by atoms with Crippen molar-refractivity contribution in [2.45, 2.75) is 32.8 Å². The maximum absolute atomic E-state index is 12.0. The highest BCUT2D eigenvalue weighted by Crippen LogP contribution is 2.28. The van der Waals surface area contributed by atoms with E-state index < -0.39 is 0 Å². The van der Waals surface area contributed by atoms with E-state index in [1.54, 1.807) is 18.2 Å². The largest absolute Gasteiger partial charge is 0.489 e. The number of benzene rings is 2. The molecule has 0 aliphatic rings. The lowest BCUT2D eigenvalue weighted by Gasteiger charge is -2.13. The Morgan fingerprint density at radius 2 is 2.00 bits per heavy atom. The molecule has 0 atom stereocenters. The smallest absolute Gasteiger partial charge is 0.224 e. The fraction of sp³-hybridized carbons (Fsp3) is 0.278. The van der Waals surface area contributed by atoms with Crippen LogP contribution in [0.1, 0.15) is 25.8 Å². The van der Waals surface area contributed by atoms with Gasteiger partial charge in [-0.1, -0.05) is 29.8 Å². The third-order valence-electron chi connectivity index (χ3n) is 3.25. The fourth-order valence-electron chi connectivity index (χ4n) is 2.16. The maximum atomic E-state index is 12.0. The number of carbonyl (C=O) groups is 1. The fourth-order valence-corrected chi connectivity index (χ4v) is 2.39. The number of nitrogens with one attached hydrogen (secondary N) is 1. The van der Waals surface area contributed by atoms with E-state index >= 15 is 0 Å². The van der Waals surface area contributed by atoms with Gasteiger partial charge in [0.1, 0.15) is 5.75 Å². The van der Waals surface area contributed by atoms with Gasteiger partial charge in [-0.05, 0) is 50.1 Å². The summed E-state index contributed by atoms with van der Waals surface area (Å²) in [5, 5.41) is 3.31. The first-order valence-corrected chi connectivity index (χ1v) is 7.93. The van der Waals surface area contributed by atoms with Crippen molar-refractivity contribution in [1.29, 1.82) is 0 Å². The number of para-hydroxylation sites is 1. The molecule has 0 aliphatic carbocycles. The summed E-state index contributed by atoms with van der Waals surface area (Å²) in [6.45, 7) is 3.86. The number of halogens is 1. The van der Waals surface area contributed by atoms with E-state index in [2.05, 4.69) is 5.32 Å². The van der Waals surface area contributed by atoms with Crippen LogP contribution in [0.5, 0.6) is 5.75 Å². The van der Waals surface area contributed by atoms with Crippen LogP contribution < -0.4 is 15.8 Å². The van der Waals surface area contributed by atoms with Crippen LogP contribution in [-0.4, -0.2) is 12.0 Å². The Bertz CT molecular complexity index is 686. The molecule has 2 aromatic rings. The summed E-state index contributed by atoms with van der Waals surface area (Å²) in [4.78, 5) is 12.0. The van der Waals surface area contributed by atoms with Crippen molar-refractivity contribution in [3.63, 3.8) is 0 Å². The highest BCUT2D eigenvalue weighted by molar-refractivity contribution is 6.32. The zero-order valence-electron chi connectivity index (χ0n) is 13.3. The van der Waals surface area contributed by atoms with Crippen LogP contribution in [-0.2, 0) is 11.2 Å². The zero-order valence-corrected chi connectivity index (χ0v) is 14.1. The Kier molecular flexibility index (Phi) is 5.88. The lowest BCUT2D eigenvalue weighted by Crippen LogP contribution is -2.13. The highest BCUT2D eigenvalue weighted by atomic mass is 35.5. The van der Waals surface area contributed by atoms with Crippen molar-refractivity contribution in [3.8, 4) is 5.75 Å².